The lowest BCUT2D eigenvalue weighted by Crippen LogP contribution is -2.11. The summed E-state index contributed by atoms with van der Waals surface area (Å²) < 4.78 is 0. The minimum Gasteiger partial charge on any atom is -0.478 e. The lowest BCUT2D eigenvalue weighted by Gasteiger charge is -2.08. The molecule has 0 aliphatic rings. The number of carboxylic acids is 1. The van der Waals surface area contributed by atoms with Gasteiger partial charge < -0.3 is 5.11 Å². The summed E-state index contributed by atoms with van der Waals surface area (Å²) in [4.78, 5) is 10.5. The van der Waals surface area contributed by atoms with Crippen molar-refractivity contribution in [2.24, 2.45) is 0 Å². The molecule has 0 radical (unpaired) electrons. The zero-order valence-corrected chi connectivity index (χ0v) is 7.06. The molecule has 0 saturated heterocycles. The number of halogens is 1. The SMILES string of the molecule is O=C(O)c1cc(N(O)O)ccc1Cl. The van der Waals surface area contributed by atoms with E-state index in [1.807, 2.05) is 0 Å². The van der Waals surface area contributed by atoms with Gasteiger partial charge in [0.15, 0.2) is 0 Å². The van der Waals surface area contributed by atoms with Crippen molar-refractivity contribution in [1.82, 2.24) is 0 Å². The van der Waals surface area contributed by atoms with Gasteiger partial charge in [-0.1, -0.05) is 11.6 Å². The predicted octanol–water partition coefficient (Wildman–Crippen LogP) is 1.62. The third kappa shape index (κ3) is 2.09. The zero-order valence-electron chi connectivity index (χ0n) is 6.31. The van der Waals surface area contributed by atoms with Gasteiger partial charge in [0, 0.05) is 0 Å². The minimum absolute atomic E-state index is 0.0399. The number of aromatic carboxylic acids is 1. The molecule has 0 atom stereocenters. The molecule has 0 aliphatic heterocycles. The van der Waals surface area contributed by atoms with Crippen LogP contribution in [0.2, 0.25) is 5.02 Å². The minimum atomic E-state index is -1.23. The molecule has 0 aromatic heterocycles. The summed E-state index contributed by atoms with van der Waals surface area (Å²) in [6.45, 7) is 0. The van der Waals surface area contributed by atoms with Gasteiger partial charge in [-0.25, -0.2) is 4.79 Å². The van der Waals surface area contributed by atoms with E-state index in [-0.39, 0.29) is 21.5 Å². The molecular formula is C7H6ClNO4. The molecule has 1 rings (SSSR count). The van der Waals surface area contributed by atoms with Crippen molar-refractivity contribution in [1.29, 1.82) is 0 Å². The molecule has 1 aromatic rings. The molecule has 3 N–H and O–H groups in total. The van der Waals surface area contributed by atoms with Gasteiger partial charge in [0.2, 0.25) is 0 Å². The third-order valence-corrected chi connectivity index (χ3v) is 1.74. The van der Waals surface area contributed by atoms with Gasteiger partial charge in [-0.2, -0.15) is 0 Å². The van der Waals surface area contributed by atoms with Crippen LogP contribution in [0.15, 0.2) is 18.2 Å². The van der Waals surface area contributed by atoms with Crippen molar-refractivity contribution in [2.45, 2.75) is 0 Å². The van der Waals surface area contributed by atoms with E-state index in [0.29, 0.717) is 0 Å². The Morgan fingerprint density at radius 3 is 2.46 bits per heavy atom. The van der Waals surface area contributed by atoms with Crippen molar-refractivity contribution >= 4 is 23.3 Å². The molecule has 0 unspecified atom stereocenters. The summed E-state index contributed by atoms with van der Waals surface area (Å²) in [6, 6.07) is 3.58. The van der Waals surface area contributed by atoms with Crippen molar-refractivity contribution in [3.8, 4) is 0 Å². The Bertz CT molecular complexity index is 339. The molecule has 0 aliphatic carbocycles. The molecule has 0 heterocycles. The molecule has 6 heteroatoms. The van der Waals surface area contributed by atoms with Gasteiger partial charge in [0.25, 0.3) is 0 Å². The second kappa shape index (κ2) is 3.61. The van der Waals surface area contributed by atoms with E-state index in [0.717, 1.165) is 6.07 Å². The highest BCUT2D eigenvalue weighted by molar-refractivity contribution is 6.33. The maximum absolute atomic E-state index is 10.5. The van der Waals surface area contributed by atoms with Crippen LogP contribution < -0.4 is 5.23 Å². The Hall–Kier alpha value is -1.30. The molecule has 13 heavy (non-hydrogen) atoms. The molecule has 0 spiro atoms. The Kier molecular flexibility index (Phi) is 2.72. The van der Waals surface area contributed by atoms with Crippen LogP contribution in [0.5, 0.6) is 0 Å². The number of carbonyl (C=O) groups is 1. The number of anilines is 1. The monoisotopic (exact) mass is 203 g/mol. The summed E-state index contributed by atoms with van der Waals surface area (Å²) in [7, 11) is 0. The summed E-state index contributed by atoms with van der Waals surface area (Å²) in [6.07, 6.45) is 0. The fourth-order valence-electron chi connectivity index (χ4n) is 0.802. The van der Waals surface area contributed by atoms with E-state index in [4.69, 9.17) is 27.1 Å². The Morgan fingerprint density at radius 2 is 2.00 bits per heavy atom. The first kappa shape index (κ1) is 9.79. The number of hydrogen-bond donors (Lipinski definition) is 3. The van der Waals surface area contributed by atoms with Gasteiger partial charge in [-0.3, -0.25) is 10.4 Å². The maximum atomic E-state index is 10.5. The number of rotatable bonds is 2. The smallest absolute Gasteiger partial charge is 0.337 e. The highest BCUT2D eigenvalue weighted by Crippen LogP contribution is 2.21. The molecule has 1 aromatic carbocycles. The van der Waals surface area contributed by atoms with Crippen LogP contribution >= 0.6 is 11.6 Å². The largest absolute Gasteiger partial charge is 0.478 e. The van der Waals surface area contributed by atoms with Crippen molar-refractivity contribution < 1.29 is 20.3 Å². The van der Waals surface area contributed by atoms with E-state index in [2.05, 4.69) is 0 Å². The normalized spacial score (nSPS) is 9.77. The summed E-state index contributed by atoms with van der Waals surface area (Å²) >= 11 is 5.53. The molecule has 0 fully saturated rings. The highest BCUT2D eigenvalue weighted by Gasteiger charge is 2.10. The summed E-state index contributed by atoms with van der Waals surface area (Å²) in [5, 5.41) is 25.6. The van der Waals surface area contributed by atoms with Crippen LogP contribution in [0.25, 0.3) is 0 Å². The topological polar surface area (TPSA) is 81.0 Å². The van der Waals surface area contributed by atoms with Gasteiger partial charge in [0.05, 0.1) is 16.3 Å². The fourth-order valence-corrected chi connectivity index (χ4v) is 1.000. The van der Waals surface area contributed by atoms with Gasteiger partial charge in [-0.05, 0) is 18.2 Å². The third-order valence-electron chi connectivity index (χ3n) is 1.41. The Balaban J connectivity index is 3.19. The quantitative estimate of drug-likeness (QED) is 0.637. The summed E-state index contributed by atoms with van der Waals surface area (Å²) in [5.41, 5.74) is -0.255. The molecule has 70 valence electrons. The molecule has 0 amide bonds. The number of nitrogens with zero attached hydrogens (tertiary/aromatic N) is 1. The summed E-state index contributed by atoms with van der Waals surface area (Å²) in [5.74, 6) is -1.23. The molecular weight excluding hydrogens is 198 g/mol. The first-order valence-electron chi connectivity index (χ1n) is 3.23. The average Bonchev–Trinajstić information content (AvgIpc) is 2.04. The molecule has 0 bridgehead atoms. The van der Waals surface area contributed by atoms with Gasteiger partial charge >= 0.3 is 5.97 Å². The van der Waals surface area contributed by atoms with E-state index in [9.17, 15) is 4.79 Å². The van der Waals surface area contributed by atoms with Crippen molar-refractivity contribution in [3.05, 3.63) is 28.8 Å². The Morgan fingerprint density at radius 1 is 1.38 bits per heavy atom. The second-order valence-electron chi connectivity index (χ2n) is 2.26. The van der Waals surface area contributed by atoms with Crippen LogP contribution in [0, 0.1) is 0 Å². The number of carboxylic acid groups (broad SMARTS) is 1. The van der Waals surface area contributed by atoms with Gasteiger partial charge in [-0.15, -0.1) is 5.23 Å². The van der Waals surface area contributed by atoms with Crippen LogP contribution in [0.1, 0.15) is 10.4 Å². The first-order valence-corrected chi connectivity index (χ1v) is 3.61. The van der Waals surface area contributed by atoms with E-state index >= 15 is 0 Å². The maximum Gasteiger partial charge on any atom is 0.337 e. The van der Waals surface area contributed by atoms with E-state index in [1.54, 1.807) is 0 Å². The highest BCUT2D eigenvalue weighted by atomic mass is 35.5. The van der Waals surface area contributed by atoms with E-state index in [1.165, 1.54) is 12.1 Å². The number of hydrogen-bond acceptors (Lipinski definition) is 4. The van der Waals surface area contributed by atoms with Crippen LogP contribution in [0.3, 0.4) is 0 Å². The lowest BCUT2D eigenvalue weighted by atomic mass is 10.2. The lowest BCUT2D eigenvalue weighted by molar-refractivity contribution is 0.0291. The van der Waals surface area contributed by atoms with Gasteiger partial charge in [0.1, 0.15) is 0 Å². The molecule has 5 nitrogen and oxygen atoms in total. The zero-order chi connectivity index (χ0) is 10.0. The fraction of sp³-hybridized carbons (Fsp3) is 0. The molecule has 0 saturated carbocycles. The van der Waals surface area contributed by atoms with Crippen molar-refractivity contribution in [2.75, 3.05) is 5.23 Å². The standard InChI is InChI=1S/C7H6ClNO4/c8-6-2-1-4(9(12)13)3-5(6)7(10)11/h1-3,12-13H,(H,10,11). The van der Waals surface area contributed by atoms with Crippen LogP contribution in [-0.2, 0) is 0 Å². The number of benzene rings is 1. The first-order chi connectivity index (χ1) is 6.02. The average molecular weight is 204 g/mol. The van der Waals surface area contributed by atoms with Crippen LogP contribution in [-0.4, -0.2) is 21.5 Å². The van der Waals surface area contributed by atoms with Crippen molar-refractivity contribution in [3.63, 3.8) is 0 Å². The van der Waals surface area contributed by atoms with E-state index < -0.39 is 5.97 Å². The van der Waals surface area contributed by atoms with Crippen LogP contribution in [0.4, 0.5) is 5.69 Å². The second-order valence-corrected chi connectivity index (χ2v) is 2.67. The Labute approximate surface area is 78.3 Å². The predicted molar refractivity (Wildman–Crippen MR) is 44.5 cm³/mol.